The van der Waals surface area contributed by atoms with Gasteiger partial charge in [-0.05, 0) is 61.4 Å². The molecule has 0 amide bonds. The van der Waals surface area contributed by atoms with Gasteiger partial charge in [-0.25, -0.2) is 4.98 Å². The highest BCUT2D eigenvalue weighted by atomic mass is 35.5. The quantitative estimate of drug-likeness (QED) is 0.324. The largest absolute Gasteiger partial charge is 0.492 e. The van der Waals surface area contributed by atoms with Crippen LogP contribution in [0.2, 0.25) is 10.0 Å². The van der Waals surface area contributed by atoms with Crippen molar-refractivity contribution in [3.63, 3.8) is 0 Å². The lowest BCUT2D eigenvalue weighted by Crippen LogP contribution is -2.13. The number of ether oxygens (including phenoxy) is 2. The van der Waals surface area contributed by atoms with E-state index in [1.807, 2.05) is 68.4 Å². The van der Waals surface area contributed by atoms with Crippen molar-refractivity contribution < 1.29 is 9.47 Å². The Morgan fingerprint density at radius 3 is 2.37 bits per heavy atom. The molecule has 4 rings (SSSR count). The molecule has 0 saturated carbocycles. The molecule has 3 aromatic carbocycles. The van der Waals surface area contributed by atoms with Gasteiger partial charge in [0.05, 0.1) is 22.6 Å². The molecule has 0 atom stereocenters. The van der Waals surface area contributed by atoms with Crippen molar-refractivity contribution in [3.8, 4) is 11.5 Å². The van der Waals surface area contributed by atoms with E-state index in [9.17, 15) is 0 Å². The number of hydrogen-bond acceptors (Lipinski definition) is 3. The summed E-state index contributed by atoms with van der Waals surface area (Å²) in [6.45, 7) is 5.42. The normalized spacial score (nSPS) is 11.1. The van der Waals surface area contributed by atoms with Crippen molar-refractivity contribution in [2.24, 2.45) is 0 Å². The molecule has 0 aliphatic rings. The zero-order valence-electron chi connectivity index (χ0n) is 16.9. The molecule has 1 aromatic heterocycles. The van der Waals surface area contributed by atoms with E-state index in [1.54, 1.807) is 0 Å². The van der Waals surface area contributed by atoms with E-state index in [-0.39, 0.29) is 0 Å². The Balaban J connectivity index is 1.52. The van der Waals surface area contributed by atoms with Gasteiger partial charge < -0.3 is 14.0 Å². The van der Waals surface area contributed by atoms with E-state index in [0.717, 1.165) is 38.8 Å². The van der Waals surface area contributed by atoms with Crippen LogP contribution >= 0.6 is 23.2 Å². The first-order valence-corrected chi connectivity index (χ1v) is 10.5. The molecule has 0 saturated heterocycles. The zero-order chi connectivity index (χ0) is 21.1. The molecule has 0 fully saturated rings. The average molecular weight is 441 g/mol. The van der Waals surface area contributed by atoms with Crippen LogP contribution in [0.15, 0.2) is 60.7 Å². The minimum Gasteiger partial charge on any atom is -0.492 e. The number of nitrogens with zero attached hydrogens (tertiary/aromatic N) is 2. The van der Waals surface area contributed by atoms with Crippen LogP contribution < -0.4 is 9.47 Å². The minimum absolute atomic E-state index is 0.317. The fraction of sp³-hybridized carbons (Fsp3) is 0.208. The molecule has 0 aliphatic carbocycles. The minimum atomic E-state index is 0.317. The molecular weight excluding hydrogens is 419 g/mol. The third-order valence-corrected chi connectivity index (χ3v) is 5.83. The monoisotopic (exact) mass is 440 g/mol. The van der Waals surface area contributed by atoms with E-state index < -0.39 is 0 Å². The third kappa shape index (κ3) is 4.40. The number of para-hydroxylation sites is 3. The molecule has 0 bridgehead atoms. The van der Waals surface area contributed by atoms with Crippen LogP contribution in [0.25, 0.3) is 11.0 Å². The summed E-state index contributed by atoms with van der Waals surface area (Å²) in [4.78, 5) is 4.74. The first-order valence-electron chi connectivity index (χ1n) is 9.74. The number of hydrogen-bond donors (Lipinski definition) is 0. The number of halogens is 2. The Bertz CT molecular complexity index is 1160. The summed E-state index contributed by atoms with van der Waals surface area (Å²) in [7, 11) is 0. The van der Waals surface area contributed by atoms with Crippen molar-refractivity contribution in [3.05, 3.63) is 87.7 Å². The van der Waals surface area contributed by atoms with Crippen LogP contribution in [0.3, 0.4) is 0 Å². The van der Waals surface area contributed by atoms with Crippen molar-refractivity contribution >= 4 is 34.2 Å². The summed E-state index contributed by atoms with van der Waals surface area (Å²) in [5, 5.41) is 1.36. The Labute approximate surface area is 186 Å². The number of benzene rings is 3. The number of rotatable bonds is 7. The van der Waals surface area contributed by atoms with Gasteiger partial charge in [0.15, 0.2) is 0 Å². The van der Waals surface area contributed by atoms with Gasteiger partial charge in [0.2, 0.25) is 0 Å². The number of aromatic nitrogens is 2. The molecule has 0 N–H and O–H groups in total. The van der Waals surface area contributed by atoms with Crippen LogP contribution in [0, 0.1) is 13.8 Å². The lowest BCUT2D eigenvalue weighted by molar-refractivity contribution is 0.272. The smallest absolute Gasteiger partial charge is 0.148 e. The van der Waals surface area contributed by atoms with Crippen LogP contribution in [0.5, 0.6) is 11.5 Å². The molecular formula is C24H22Cl2N2O2. The number of fused-ring (bicyclic) bond motifs is 1. The Morgan fingerprint density at radius 1 is 0.900 bits per heavy atom. The fourth-order valence-corrected chi connectivity index (χ4v) is 3.73. The lowest BCUT2D eigenvalue weighted by Gasteiger charge is -2.13. The molecule has 4 aromatic rings. The second-order valence-corrected chi connectivity index (χ2v) is 7.89. The van der Waals surface area contributed by atoms with E-state index in [0.29, 0.717) is 30.5 Å². The topological polar surface area (TPSA) is 36.3 Å². The van der Waals surface area contributed by atoms with Gasteiger partial charge in [-0.15, -0.1) is 0 Å². The Morgan fingerprint density at radius 2 is 1.60 bits per heavy atom. The second-order valence-electron chi connectivity index (χ2n) is 7.11. The molecule has 0 radical (unpaired) electrons. The molecule has 0 spiro atoms. The number of imidazole rings is 1. The summed E-state index contributed by atoms with van der Waals surface area (Å²) in [6, 6.07) is 19.4. The van der Waals surface area contributed by atoms with E-state index in [4.69, 9.17) is 37.7 Å². The first-order chi connectivity index (χ1) is 14.5. The zero-order valence-corrected chi connectivity index (χ0v) is 18.4. The van der Waals surface area contributed by atoms with Gasteiger partial charge in [-0.3, -0.25) is 0 Å². The summed E-state index contributed by atoms with van der Waals surface area (Å²) in [6.07, 6.45) is 0. The molecule has 4 nitrogen and oxygen atoms in total. The summed E-state index contributed by atoms with van der Waals surface area (Å²) in [5.74, 6) is 2.28. The molecule has 154 valence electrons. The Kier molecular flexibility index (Phi) is 6.16. The summed E-state index contributed by atoms with van der Waals surface area (Å²) < 4.78 is 14.1. The Hall–Kier alpha value is -2.69. The standard InChI is InChI=1S/C24H22Cl2N2O2/c1-16-13-18(14-17(2)24(16)26)29-12-11-28-21-9-5-4-8-20(21)27-23(28)15-30-22-10-6-3-7-19(22)25/h3-10,13-14H,11-12,15H2,1-2H3. The van der Waals surface area contributed by atoms with Crippen molar-refractivity contribution in [2.75, 3.05) is 6.61 Å². The maximum Gasteiger partial charge on any atom is 0.148 e. The molecule has 1 heterocycles. The van der Waals surface area contributed by atoms with Gasteiger partial charge >= 0.3 is 0 Å². The predicted molar refractivity (Wildman–Crippen MR) is 122 cm³/mol. The van der Waals surface area contributed by atoms with E-state index >= 15 is 0 Å². The van der Waals surface area contributed by atoms with E-state index in [2.05, 4.69) is 10.6 Å². The van der Waals surface area contributed by atoms with Crippen LogP contribution in [-0.2, 0) is 13.2 Å². The third-order valence-electron chi connectivity index (χ3n) is 4.92. The molecule has 0 unspecified atom stereocenters. The summed E-state index contributed by atoms with van der Waals surface area (Å²) >= 11 is 12.5. The van der Waals surface area contributed by atoms with Gasteiger partial charge in [0.25, 0.3) is 0 Å². The maximum atomic E-state index is 6.26. The van der Waals surface area contributed by atoms with Crippen LogP contribution in [-0.4, -0.2) is 16.2 Å². The first kappa shape index (κ1) is 20.6. The maximum absolute atomic E-state index is 6.26. The lowest BCUT2D eigenvalue weighted by atomic mass is 10.1. The van der Waals surface area contributed by atoms with Gasteiger partial charge in [-0.2, -0.15) is 0 Å². The second kappa shape index (κ2) is 8.99. The predicted octanol–water partition coefficient (Wildman–Crippen LogP) is 6.62. The fourth-order valence-electron chi connectivity index (χ4n) is 3.43. The van der Waals surface area contributed by atoms with Crippen molar-refractivity contribution in [1.82, 2.24) is 9.55 Å². The van der Waals surface area contributed by atoms with Gasteiger partial charge in [-0.1, -0.05) is 47.5 Å². The highest BCUT2D eigenvalue weighted by molar-refractivity contribution is 6.32. The summed E-state index contributed by atoms with van der Waals surface area (Å²) in [5.41, 5.74) is 3.98. The molecule has 6 heteroatoms. The number of aryl methyl sites for hydroxylation is 2. The van der Waals surface area contributed by atoms with Crippen molar-refractivity contribution in [1.29, 1.82) is 0 Å². The van der Waals surface area contributed by atoms with E-state index in [1.165, 1.54) is 0 Å². The van der Waals surface area contributed by atoms with Crippen LogP contribution in [0.4, 0.5) is 0 Å². The van der Waals surface area contributed by atoms with Gasteiger partial charge in [0, 0.05) is 5.02 Å². The molecule has 0 aliphatic heterocycles. The van der Waals surface area contributed by atoms with Crippen molar-refractivity contribution in [2.45, 2.75) is 27.0 Å². The average Bonchev–Trinajstić information content (AvgIpc) is 3.09. The van der Waals surface area contributed by atoms with Gasteiger partial charge in [0.1, 0.15) is 30.5 Å². The highest BCUT2D eigenvalue weighted by Gasteiger charge is 2.12. The SMILES string of the molecule is Cc1cc(OCCn2c(COc3ccccc3Cl)nc3ccccc32)cc(C)c1Cl. The van der Waals surface area contributed by atoms with Crippen LogP contribution in [0.1, 0.15) is 17.0 Å². The highest BCUT2D eigenvalue weighted by Crippen LogP contribution is 2.27. The molecule has 30 heavy (non-hydrogen) atoms.